The van der Waals surface area contributed by atoms with E-state index in [1.807, 2.05) is 0 Å². The van der Waals surface area contributed by atoms with Crippen molar-refractivity contribution in [2.75, 3.05) is 24.3 Å². The molecule has 0 bridgehead atoms. The predicted molar refractivity (Wildman–Crippen MR) is 108 cm³/mol. The van der Waals surface area contributed by atoms with Crippen LogP contribution in [0.4, 0.5) is 10.1 Å². The zero-order valence-electron chi connectivity index (χ0n) is 14.8. The van der Waals surface area contributed by atoms with Gasteiger partial charge in [-0.15, -0.1) is 0 Å². The molecule has 6 nitrogen and oxygen atoms in total. The normalized spacial score (nSPS) is 24.2. The average molecular weight is 421 g/mol. The number of nitrogens with one attached hydrogen (secondary N) is 1. The van der Waals surface area contributed by atoms with Gasteiger partial charge < -0.3 is 15.8 Å². The van der Waals surface area contributed by atoms with Crippen molar-refractivity contribution >= 4 is 40.1 Å². The maximum absolute atomic E-state index is 14.9. The number of benzene rings is 1. The summed E-state index contributed by atoms with van der Waals surface area (Å²) in [4.78, 5) is 21.1. The molecule has 1 unspecified atom stereocenters. The number of pyridine rings is 1. The number of nitrogens with zero attached hydrogens (tertiary/aromatic N) is 2. The summed E-state index contributed by atoms with van der Waals surface area (Å²) in [5.41, 5.74) is 6.30. The van der Waals surface area contributed by atoms with Gasteiger partial charge in [0.05, 0.1) is 17.2 Å². The monoisotopic (exact) mass is 420 g/mol. The lowest BCUT2D eigenvalue weighted by Gasteiger charge is -2.44. The molecule has 2 aliphatic heterocycles. The number of hydrogen-bond donors (Lipinski definition) is 2. The number of amidine groups is 1. The molecule has 2 atom stereocenters. The first-order valence-corrected chi connectivity index (χ1v) is 10.1. The molecule has 0 spiro atoms. The first-order valence-electron chi connectivity index (χ1n) is 8.77. The van der Waals surface area contributed by atoms with Crippen LogP contribution in [0.1, 0.15) is 22.5 Å². The maximum Gasteiger partial charge on any atom is 0.274 e. The Balaban J connectivity index is 1.68. The zero-order valence-corrected chi connectivity index (χ0v) is 16.4. The Morgan fingerprint density at radius 2 is 2.25 bits per heavy atom. The fourth-order valence-corrected chi connectivity index (χ4v) is 4.68. The molecule has 0 radical (unpaired) electrons. The van der Waals surface area contributed by atoms with Crippen LogP contribution in [0, 0.1) is 11.7 Å². The first-order chi connectivity index (χ1) is 13.5. The van der Waals surface area contributed by atoms with Gasteiger partial charge in [-0.25, -0.2) is 9.37 Å². The number of anilines is 1. The molecule has 28 heavy (non-hydrogen) atoms. The van der Waals surface area contributed by atoms with E-state index < -0.39 is 11.4 Å². The number of fused-ring (bicyclic) bond motifs is 1. The van der Waals surface area contributed by atoms with Gasteiger partial charge in [0, 0.05) is 42.1 Å². The Morgan fingerprint density at radius 3 is 3.04 bits per heavy atom. The van der Waals surface area contributed by atoms with Gasteiger partial charge in [-0.3, -0.25) is 9.79 Å². The molecule has 9 heteroatoms. The van der Waals surface area contributed by atoms with Gasteiger partial charge in [0.25, 0.3) is 5.91 Å². The molecule has 3 N–H and O–H groups in total. The van der Waals surface area contributed by atoms with Gasteiger partial charge >= 0.3 is 0 Å². The molecular formula is C19H18ClFN4O2S. The molecule has 0 saturated carbocycles. The smallest absolute Gasteiger partial charge is 0.274 e. The van der Waals surface area contributed by atoms with E-state index >= 15 is 0 Å². The van der Waals surface area contributed by atoms with Gasteiger partial charge in [0.2, 0.25) is 0 Å². The van der Waals surface area contributed by atoms with Crippen molar-refractivity contribution in [1.82, 2.24) is 4.98 Å². The Bertz CT molecular complexity index is 940. The maximum atomic E-state index is 14.9. The van der Waals surface area contributed by atoms with Gasteiger partial charge in [0.15, 0.2) is 5.17 Å². The number of rotatable bonds is 3. The minimum Gasteiger partial charge on any atom is -0.381 e. The van der Waals surface area contributed by atoms with E-state index in [1.165, 1.54) is 36.2 Å². The quantitative estimate of drug-likeness (QED) is 0.794. The third-order valence-electron chi connectivity index (χ3n) is 5.01. The fourth-order valence-electron chi connectivity index (χ4n) is 3.60. The molecule has 1 saturated heterocycles. The summed E-state index contributed by atoms with van der Waals surface area (Å²) >= 11 is 7.26. The summed E-state index contributed by atoms with van der Waals surface area (Å²) in [5, 5.41) is 3.64. The van der Waals surface area contributed by atoms with Gasteiger partial charge in [-0.05, 0) is 30.3 Å². The number of nitrogens with two attached hydrogens (primary N) is 1. The summed E-state index contributed by atoms with van der Waals surface area (Å²) in [6, 6.07) is 7.60. The lowest BCUT2D eigenvalue weighted by atomic mass is 9.75. The van der Waals surface area contributed by atoms with Crippen LogP contribution >= 0.6 is 23.4 Å². The van der Waals surface area contributed by atoms with Crippen molar-refractivity contribution in [3.05, 3.63) is 58.6 Å². The number of carbonyl (C=O) groups is 1. The van der Waals surface area contributed by atoms with Gasteiger partial charge in [0.1, 0.15) is 11.5 Å². The highest BCUT2D eigenvalue weighted by Crippen LogP contribution is 2.46. The summed E-state index contributed by atoms with van der Waals surface area (Å²) in [7, 11) is 0. The number of amides is 1. The van der Waals surface area contributed by atoms with E-state index in [4.69, 9.17) is 22.1 Å². The number of aromatic nitrogens is 1. The summed E-state index contributed by atoms with van der Waals surface area (Å²) < 4.78 is 20.4. The Hall–Kier alpha value is -2.16. The van der Waals surface area contributed by atoms with E-state index in [0.29, 0.717) is 46.8 Å². The van der Waals surface area contributed by atoms with Crippen molar-refractivity contribution in [1.29, 1.82) is 0 Å². The number of hydrogen-bond acceptors (Lipinski definition) is 6. The van der Waals surface area contributed by atoms with Crippen molar-refractivity contribution in [3.63, 3.8) is 0 Å². The van der Waals surface area contributed by atoms with E-state index in [2.05, 4.69) is 15.3 Å². The number of thioether (sulfide) groups is 1. The topological polar surface area (TPSA) is 89.6 Å². The largest absolute Gasteiger partial charge is 0.381 e. The van der Waals surface area contributed by atoms with Crippen LogP contribution in [0.15, 0.2) is 41.5 Å². The molecule has 146 valence electrons. The van der Waals surface area contributed by atoms with Crippen LogP contribution in [0.25, 0.3) is 0 Å². The summed E-state index contributed by atoms with van der Waals surface area (Å²) in [5.74, 6) is -0.0626. The molecule has 2 aliphatic rings. The second-order valence-electron chi connectivity index (χ2n) is 6.72. The number of ether oxygens (including phenoxy) is 1. The van der Waals surface area contributed by atoms with Gasteiger partial charge in [-0.2, -0.15) is 0 Å². The zero-order chi connectivity index (χ0) is 19.7. The molecule has 1 fully saturated rings. The Labute approximate surface area is 170 Å². The van der Waals surface area contributed by atoms with E-state index in [-0.39, 0.29) is 17.4 Å². The average Bonchev–Trinajstić information content (AvgIpc) is 2.69. The number of carbonyl (C=O) groups excluding carboxylic acids is 1. The van der Waals surface area contributed by atoms with E-state index in [1.54, 1.807) is 12.1 Å². The van der Waals surface area contributed by atoms with E-state index in [0.717, 1.165) is 0 Å². The van der Waals surface area contributed by atoms with Crippen molar-refractivity contribution in [3.8, 4) is 0 Å². The highest BCUT2D eigenvalue weighted by Gasteiger charge is 2.47. The predicted octanol–water partition coefficient (Wildman–Crippen LogP) is 3.42. The minimum absolute atomic E-state index is 0.0110. The first kappa shape index (κ1) is 19.2. The minimum atomic E-state index is -0.781. The van der Waals surface area contributed by atoms with Crippen molar-refractivity contribution in [2.45, 2.75) is 12.0 Å². The standard InChI is InChI=1S/C19H18ClFN4O2S/c20-12-1-4-16(23-8-12)17(26)24-13-2-3-15(21)14(7-13)19-5-6-27-9-11(19)10-28-18(22)25-19/h1-4,7-8,11H,5-6,9-10H2,(H2,22,25)(H,24,26)/t11?,19-/m1/s1. The second-order valence-corrected chi connectivity index (χ2v) is 8.19. The molecule has 1 aromatic carbocycles. The van der Waals surface area contributed by atoms with Crippen molar-refractivity contribution in [2.24, 2.45) is 16.6 Å². The van der Waals surface area contributed by atoms with Crippen LogP contribution < -0.4 is 11.1 Å². The van der Waals surface area contributed by atoms with Crippen LogP contribution in [0.2, 0.25) is 5.02 Å². The van der Waals surface area contributed by atoms with Crippen LogP contribution in [0.3, 0.4) is 0 Å². The number of aliphatic imine (C=N–C) groups is 1. The number of halogens is 2. The highest BCUT2D eigenvalue weighted by molar-refractivity contribution is 8.13. The van der Waals surface area contributed by atoms with Gasteiger partial charge in [-0.1, -0.05) is 23.4 Å². The lowest BCUT2D eigenvalue weighted by Crippen LogP contribution is -2.47. The lowest BCUT2D eigenvalue weighted by molar-refractivity contribution is 0.00886. The molecule has 3 heterocycles. The van der Waals surface area contributed by atoms with Crippen LogP contribution in [-0.2, 0) is 10.3 Å². The fraction of sp³-hybridized carbons (Fsp3) is 0.316. The van der Waals surface area contributed by atoms with Crippen molar-refractivity contribution < 1.29 is 13.9 Å². The molecule has 4 rings (SSSR count). The Morgan fingerprint density at radius 1 is 1.39 bits per heavy atom. The molecule has 1 amide bonds. The van der Waals surface area contributed by atoms with Crippen LogP contribution in [0.5, 0.6) is 0 Å². The molecule has 1 aromatic heterocycles. The summed E-state index contributed by atoms with van der Waals surface area (Å²) in [6.07, 6.45) is 1.93. The molecule has 0 aliphatic carbocycles. The highest BCUT2D eigenvalue weighted by atomic mass is 35.5. The third kappa shape index (κ3) is 3.59. The van der Waals surface area contributed by atoms with E-state index in [9.17, 15) is 9.18 Å². The molecular weight excluding hydrogens is 403 g/mol. The molecule has 2 aromatic rings. The third-order valence-corrected chi connectivity index (χ3v) is 6.19. The Kier molecular flexibility index (Phi) is 5.27. The second kappa shape index (κ2) is 7.69. The van der Waals surface area contributed by atoms with Crippen LogP contribution in [-0.4, -0.2) is 35.0 Å². The summed E-state index contributed by atoms with van der Waals surface area (Å²) in [6.45, 7) is 0.969. The SMILES string of the molecule is NC1=N[C@]2(c3cc(NC(=O)c4ccc(Cl)cn4)ccc3F)CCOCC2CS1.